The molecule has 1 heterocycles. The van der Waals surface area contributed by atoms with Gasteiger partial charge in [-0.3, -0.25) is 4.57 Å². The Morgan fingerprint density at radius 1 is 1.83 bits per heavy atom. The molecule has 1 fully saturated rings. The summed E-state index contributed by atoms with van der Waals surface area (Å²) in [5, 5.41) is 0. The molecule has 1 saturated heterocycles. The largest absolute Gasteiger partial charge is 0.295 e. The lowest BCUT2D eigenvalue weighted by Crippen LogP contribution is -2.02. The summed E-state index contributed by atoms with van der Waals surface area (Å²) in [4.78, 5) is 0. The Balaban J connectivity index is 2.37. The van der Waals surface area contributed by atoms with Gasteiger partial charge in [0.1, 0.15) is 0 Å². The van der Waals surface area contributed by atoms with Crippen molar-refractivity contribution in [2.45, 2.75) is 0 Å². The zero-order valence-electron chi connectivity index (χ0n) is 3.23. The molecule has 3 nitrogen and oxygen atoms in total. The summed E-state index contributed by atoms with van der Waals surface area (Å²) in [5.41, 5.74) is 2.50. The van der Waals surface area contributed by atoms with E-state index in [9.17, 15) is 4.57 Å². The fourth-order valence-electron chi connectivity index (χ4n) is 0.336. The molecule has 6 heavy (non-hydrogen) atoms. The molecular formula is C2H6NO2P. The van der Waals surface area contributed by atoms with E-state index >= 15 is 0 Å². The molecule has 0 spiro atoms. The minimum Gasteiger partial charge on any atom is -0.295 e. The molecule has 1 aliphatic rings. The van der Waals surface area contributed by atoms with Crippen LogP contribution in [0.1, 0.15) is 0 Å². The highest BCUT2D eigenvalue weighted by Gasteiger charge is 2.04. The fourth-order valence-corrected chi connectivity index (χ4v) is 1.01. The molecule has 0 aromatic rings. The molecule has 0 bridgehead atoms. The zero-order valence-corrected chi connectivity index (χ0v) is 4.23. The van der Waals surface area contributed by atoms with Gasteiger partial charge in [0.2, 0.25) is 8.03 Å². The lowest BCUT2D eigenvalue weighted by atomic mass is 10.8. The van der Waals surface area contributed by atoms with E-state index in [2.05, 4.69) is 10.1 Å². The average molecular weight is 107 g/mol. The summed E-state index contributed by atoms with van der Waals surface area (Å²) in [6.45, 7) is 0.748. The first-order valence-electron chi connectivity index (χ1n) is 1.82. The molecule has 1 atom stereocenters. The summed E-state index contributed by atoms with van der Waals surface area (Å²) in [6, 6.07) is 0. The molecule has 1 N–H and O–H groups in total. The smallest absolute Gasteiger partial charge is 0.211 e. The van der Waals surface area contributed by atoms with E-state index < -0.39 is 8.03 Å². The minimum absolute atomic E-state index is 0.699. The molecule has 4 heteroatoms. The monoisotopic (exact) mass is 107 g/mol. The van der Waals surface area contributed by atoms with E-state index in [0.717, 1.165) is 6.54 Å². The second kappa shape index (κ2) is 1.73. The van der Waals surface area contributed by atoms with Crippen LogP contribution in [0.4, 0.5) is 0 Å². The van der Waals surface area contributed by atoms with Crippen molar-refractivity contribution in [1.82, 2.24) is 5.48 Å². The summed E-state index contributed by atoms with van der Waals surface area (Å²) >= 11 is 0. The Morgan fingerprint density at radius 3 is 2.83 bits per heavy atom. The Kier molecular flexibility index (Phi) is 1.25. The van der Waals surface area contributed by atoms with Gasteiger partial charge in [-0.05, 0) is 0 Å². The first-order valence-corrected chi connectivity index (χ1v) is 3.34. The van der Waals surface area contributed by atoms with Gasteiger partial charge in [-0.25, -0.2) is 4.62 Å². The van der Waals surface area contributed by atoms with Gasteiger partial charge in [0.15, 0.2) is 0 Å². The van der Waals surface area contributed by atoms with Gasteiger partial charge >= 0.3 is 0 Å². The third-order valence-electron chi connectivity index (χ3n) is 0.617. The van der Waals surface area contributed by atoms with Gasteiger partial charge in [-0.1, -0.05) is 0 Å². The van der Waals surface area contributed by atoms with Crippen molar-refractivity contribution in [3.8, 4) is 0 Å². The first-order chi connectivity index (χ1) is 2.89. The summed E-state index contributed by atoms with van der Waals surface area (Å²) in [6.07, 6.45) is 0.699. The van der Waals surface area contributed by atoms with Crippen LogP contribution >= 0.6 is 8.03 Å². The van der Waals surface area contributed by atoms with Crippen molar-refractivity contribution in [1.29, 1.82) is 0 Å². The van der Waals surface area contributed by atoms with Crippen LogP contribution < -0.4 is 5.48 Å². The van der Waals surface area contributed by atoms with E-state index in [4.69, 9.17) is 0 Å². The maximum absolute atomic E-state index is 10.1. The van der Waals surface area contributed by atoms with Crippen LogP contribution in [-0.2, 0) is 9.19 Å². The number of hydrogen-bond donors (Lipinski definition) is 1. The third-order valence-corrected chi connectivity index (χ3v) is 1.65. The van der Waals surface area contributed by atoms with E-state index in [-0.39, 0.29) is 0 Å². The summed E-state index contributed by atoms with van der Waals surface area (Å²) in [5.74, 6) is 0. The molecule has 0 aromatic carbocycles. The normalized spacial score (nSPS) is 34.3. The van der Waals surface area contributed by atoms with Crippen LogP contribution in [-0.4, -0.2) is 12.7 Å². The van der Waals surface area contributed by atoms with Crippen molar-refractivity contribution >= 4 is 8.03 Å². The molecule has 1 unspecified atom stereocenters. The first kappa shape index (κ1) is 4.31. The second-order valence-corrected chi connectivity index (χ2v) is 2.57. The van der Waals surface area contributed by atoms with Gasteiger partial charge in [0, 0.05) is 12.7 Å². The van der Waals surface area contributed by atoms with Gasteiger partial charge < -0.3 is 0 Å². The highest BCUT2D eigenvalue weighted by Crippen LogP contribution is 2.22. The van der Waals surface area contributed by atoms with Crippen molar-refractivity contribution in [3.05, 3.63) is 0 Å². The van der Waals surface area contributed by atoms with E-state index in [1.165, 1.54) is 0 Å². The zero-order chi connectivity index (χ0) is 4.41. The van der Waals surface area contributed by atoms with E-state index in [1.807, 2.05) is 0 Å². The Morgan fingerprint density at radius 2 is 2.67 bits per heavy atom. The second-order valence-electron chi connectivity index (χ2n) is 1.12. The van der Waals surface area contributed by atoms with Crippen molar-refractivity contribution in [2.75, 3.05) is 12.7 Å². The van der Waals surface area contributed by atoms with Crippen molar-refractivity contribution in [3.63, 3.8) is 0 Å². The van der Waals surface area contributed by atoms with Gasteiger partial charge in [-0.2, -0.15) is 5.48 Å². The SMILES string of the molecule is O=[PH]1CCNO1. The Bertz CT molecular complexity index is 65.9. The average Bonchev–Trinajstić information content (AvgIpc) is 1.86. The Labute approximate surface area is 36.5 Å². The maximum atomic E-state index is 10.1. The molecule has 0 saturated carbocycles. The Hall–Kier alpha value is 0.150. The molecule has 0 aliphatic carbocycles. The minimum atomic E-state index is -1.62. The molecule has 36 valence electrons. The number of hydrogen-bond acceptors (Lipinski definition) is 3. The summed E-state index contributed by atoms with van der Waals surface area (Å²) < 4.78 is 14.6. The van der Waals surface area contributed by atoms with E-state index in [0.29, 0.717) is 6.16 Å². The number of hydroxylamine groups is 1. The van der Waals surface area contributed by atoms with Crippen LogP contribution in [0.3, 0.4) is 0 Å². The van der Waals surface area contributed by atoms with Crippen LogP contribution in [0, 0.1) is 0 Å². The predicted octanol–water partition coefficient (Wildman–Crippen LogP) is -0.00410. The van der Waals surface area contributed by atoms with Crippen LogP contribution in [0.2, 0.25) is 0 Å². The van der Waals surface area contributed by atoms with Crippen molar-refractivity contribution in [2.24, 2.45) is 0 Å². The molecule has 1 rings (SSSR count). The topological polar surface area (TPSA) is 38.3 Å². The molecule has 0 aromatic heterocycles. The lowest BCUT2D eigenvalue weighted by Gasteiger charge is -1.80. The maximum Gasteiger partial charge on any atom is 0.211 e. The van der Waals surface area contributed by atoms with E-state index in [1.54, 1.807) is 0 Å². The van der Waals surface area contributed by atoms with Crippen LogP contribution in [0.15, 0.2) is 0 Å². The summed E-state index contributed by atoms with van der Waals surface area (Å²) in [7, 11) is -1.62. The standard InChI is InChI=1S/C2H6NO2P/c4-6-2-1-3-5-6/h3,6H,1-2H2. The quantitative estimate of drug-likeness (QED) is 0.442. The molecule has 0 radical (unpaired) electrons. The van der Waals surface area contributed by atoms with Crippen LogP contribution in [0.5, 0.6) is 0 Å². The molecular weight excluding hydrogens is 101 g/mol. The molecule has 1 aliphatic heterocycles. The van der Waals surface area contributed by atoms with Gasteiger partial charge in [0.25, 0.3) is 0 Å². The van der Waals surface area contributed by atoms with Crippen LogP contribution in [0.25, 0.3) is 0 Å². The third kappa shape index (κ3) is 0.805. The lowest BCUT2D eigenvalue weighted by molar-refractivity contribution is 0.247. The highest BCUT2D eigenvalue weighted by atomic mass is 31.1. The number of nitrogens with one attached hydrogen (secondary N) is 1. The van der Waals surface area contributed by atoms with Crippen molar-refractivity contribution < 1.29 is 9.19 Å². The van der Waals surface area contributed by atoms with Gasteiger partial charge in [0.05, 0.1) is 0 Å². The fraction of sp³-hybridized carbons (Fsp3) is 1.00. The van der Waals surface area contributed by atoms with Gasteiger partial charge in [-0.15, -0.1) is 0 Å². The number of rotatable bonds is 0. The highest BCUT2D eigenvalue weighted by molar-refractivity contribution is 7.39. The molecule has 0 amide bonds. The predicted molar refractivity (Wildman–Crippen MR) is 23.0 cm³/mol.